The molecule has 1 aromatic carbocycles. The summed E-state index contributed by atoms with van der Waals surface area (Å²) in [6.07, 6.45) is 0.637. The van der Waals surface area contributed by atoms with Crippen molar-refractivity contribution >= 4 is 23.4 Å². The lowest BCUT2D eigenvalue weighted by Crippen LogP contribution is -2.14. The molecule has 0 saturated heterocycles. The number of anilines is 1. The maximum absolute atomic E-state index is 10.7. The van der Waals surface area contributed by atoms with E-state index in [1.807, 2.05) is 23.9 Å². The molecule has 0 bridgehead atoms. The normalized spacial score (nSPS) is 12.4. The van der Waals surface area contributed by atoms with Crippen LogP contribution in [0.25, 0.3) is 0 Å². The minimum Gasteiger partial charge on any atom is -0.481 e. The molecule has 0 aliphatic carbocycles. The van der Waals surface area contributed by atoms with Gasteiger partial charge in [-0.3, -0.25) is 4.79 Å². The van der Waals surface area contributed by atoms with Crippen LogP contribution in [0.15, 0.2) is 29.2 Å². The Hall–Kier alpha value is -1.16. The first-order valence-electron chi connectivity index (χ1n) is 6.22. The summed E-state index contributed by atoms with van der Waals surface area (Å²) in [5.74, 6) is -1.03. The molecule has 0 heterocycles. The first-order valence-corrected chi connectivity index (χ1v) is 7.10. The number of hydrogen-bond acceptors (Lipinski definition) is 3. The second-order valence-electron chi connectivity index (χ2n) is 4.65. The van der Waals surface area contributed by atoms with Gasteiger partial charge in [0.1, 0.15) is 0 Å². The molecule has 0 spiro atoms. The lowest BCUT2D eigenvalue weighted by atomic mass is 10.1. The van der Waals surface area contributed by atoms with Crippen molar-refractivity contribution in [2.45, 2.75) is 37.3 Å². The van der Waals surface area contributed by atoms with Gasteiger partial charge < -0.3 is 10.4 Å². The minimum absolute atomic E-state index is 0.298. The van der Waals surface area contributed by atoms with Gasteiger partial charge in [0.25, 0.3) is 0 Å². The third kappa shape index (κ3) is 5.45. The molecule has 2 N–H and O–H groups in total. The Morgan fingerprint density at radius 1 is 1.28 bits per heavy atom. The van der Waals surface area contributed by atoms with Crippen molar-refractivity contribution in [2.24, 2.45) is 5.92 Å². The molecule has 0 amide bonds. The summed E-state index contributed by atoms with van der Waals surface area (Å²) in [6.45, 7) is 6.75. The molecule has 0 radical (unpaired) electrons. The highest BCUT2D eigenvalue weighted by Gasteiger charge is 2.09. The highest BCUT2D eigenvalue weighted by Crippen LogP contribution is 2.24. The fraction of sp³-hybridized carbons (Fsp3) is 0.500. The quantitative estimate of drug-likeness (QED) is 0.739. The lowest BCUT2D eigenvalue weighted by Gasteiger charge is -2.10. The molecular weight excluding hydrogens is 246 g/mol. The summed E-state index contributed by atoms with van der Waals surface area (Å²) in [5, 5.41) is 12.6. The second kappa shape index (κ2) is 7.31. The highest BCUT2D eigenvalue weighted by atomic mass is 32.2. The molecule has 1 atom stereocenters. The summed E-state index contributed by atoms with van der Waals surface area (Å²) in [6, 6.07) is 8.26. The van der Waals surface area contributed by atoms with Gasteiger partial charge in [0, 0.05) is 22.4 Å². The number of aliphatic carboxylic acids is 1. The van der Waals surface area contributed by atoms with E-state index < -0.39 is 5.97 Å². The van der Waals surface area contributed by atoms with Gasteiger partial charge in [-0.15, -0.1) is 11.8 Å². The number of carboxylic acid groups (broad SMARTS) is 1. The highest BCUT2D eigenvalue weighted by molar-refractivity contribution is 7.99. The van der Waals surface area contributed by atoms with E-state index >= 15 is 0 Å². The first-order chi connectivity index (χ1) is 8.49. The van der Waals surface area contributed by atoms with Crippen LogP contribution in [0.4, 0.5) is 5.69 Å². The first kappa shape index (κ1) is 14.9. The Kier molecular flexibility index (Phi) is 6.05. The molecular formula is C14H21NO2S. The molecule has 3 nitrogen and oxygen atoms in total. The number of nitrogens with one attached hydrogen (secondary N) is 1. The van der Waals surface area contributed by atoms with Gasteiger partial charge >= 0.3 is 5.97 Å². The summed E-state index contributed by atoms with van der Waals surface area (Å²) in [7, 11) is 0. The zero-order valence-electron chi connectivity index (χ0n) is 11.1. The van der Waals surface area contributed by atoms with Crippen molar-refractivity contribution in [1.29, 1.82) is 0 Å². The van der Waals surface area contributed by atoms with Crippen LogP contribution in [-0.4, -0.2) is 22.9 Å². The van der Waals surface area contributed by atoms with Crippen LogP contribution in [0.2, 0.25) is 0 Å². The van der Waals surface area contributed by atoms with Crippen molar-refractivity contribution in [1.82, 2.24) is 0 Å². The molecule has 100 valence electrons. The number of benzene rings is 1. The number of rotatable bonds is 7. The second-order valence-corrected chi connectivity index (χ2v) is 6.30. The topological polar surface area (TPSA) is 49.3 Å². The molecule has 0 aromatic heterocycles. The predicted octanol–water partition coefficient (Wildman–Crippen LogP) is 3.71. The van der Waals surface area contributed by atoms with Crippen LogP contribution >= 0.6 is 11.8 Å². The van der Waals surface area contributed by atoms with Crippen LogP contribution in [0.5, 0.6) is 0 Å². The monoisotopic (exact) mass is 267 g/mol. The van der Waals surface area contributed by atoms with Gasteiger partial charge in [-0.05, 0) is 30.7 Å². The zero-order valence-corrected chi connectivity index (χ0v) is 12.0. The third-order valence-electron chi connectivity index (χ3n) is 2.55. The van der Waals surface area contributed by atoms with Crippen LogP contribution < -0.4 is 5.32 Å². The van der Waals surface area contributed by atoms with E-state index in [0.29, 0.717) is 18.2 Å². The van der Waals surface area contributed by atoms with Crippen LogP contribution in [0.1, 0.15) is 27.2 Å². The van der Waals surface area contributed by atoms with E-state index in [9.17, 15) is 4.79 Å². The molecule has 18 heavy (non-hydrogen) atoms. The molecule has 1 rings (SSSR count). The van der Waals surface area contributed by atoms with E-state index in [1.54, 1.807) is 6.92 Å². The number of hydrogen-bond donors (Lipinski definition) is 2. The van der Waals surface area contributed by atoms with Crippen molar-refractivity contribution in [3.63, 3.8) is 0 Å². The minimum atomic E-state index is -0.736. The van der Waals surface area contributed by atoms with E-state index in [0.717, 1.165) is 5.69 Å². The third-order valence-corrected chi connectivity index (χ3v) is 3.57. The Bertz CT molecular complexity index is 376. The Morgan fingerprint density at radius 2 is 1.89 bits per heavy atom. The van der Waals surface area contributed by atoms with Gasteiger partial charge in [-0.2, -0.15) is 0 Å². The van der Waals surface area contributed by atoms with Crippen molar-refractivity contribution in [3.8, 4) is 0 Å². The molecule has 0 aliphatic heterocycles. The Labute approximate surface area is 113 Å². The average Bonchev–Trinajstić information content (AvgIpc) is 2.30. The van der Waals surface area contributed by atoms with Gasteiger partial charge in [0.15, 0.2) is 0 Å². The van der Waals surface area contributed by atoms with Gasteiger partial charge in [-0.25, -0.2) is 0 Å². The number of carboxylic acids is 1. The predicted molar refractivity (Wildman–Crippen MR) is 77.3 cm³/mol. The SMILES string of the molecule is CC(C)Sc1ccc(NCCC(C)C(=O)O)cc1. The Balaban J connectivity index is 2.37. The van der Waals surface area contributed by atoms with Crippen LogP contribution in [0, 0.1) is 5.92 Å². The fourth-order valence-corrected chi connectivity index (χ4v) is 2.32. The van der Waals surface area contributed by atoms with Crippen LogP contribution in [0.3, 0.4) is 0 Å². The van der Waals surface area contributed by atoms with E-state index in [-0.39, 0.29) is 5.92 Å². The average molecular weight is 267 g/mol. The van der Waals surface area contributed by atoms with E-state index in [1.165, 1.54) is 4.90 Å². The van der Waals surface area contributed by atoms with Crippen molar-refractivity contribution in [2.75, 3.05) is 11.9 Å². The Morgan fingerprint density at radius 3 is 2.39 bits per heavy atom. The smallest absolute Gasteiger partial charge is 0.306 e. The maximum atomic E-state index is 10.7. The number of thioether (sulfide) groups is 1. The van der Waals surface area contributed by atoms with Crippen LogP contribution in [-0.2, 0) is 4.79 Å². The summed E-state index contributed by atoms with van der Waals surface area (Å²) in [4.78, 5) is 11.9. The molecule has 1 unspecified atom stereocenters. The standard InChI is InChI=1S/C14H21NO2S/c1-10(2)18-13-6-4-12(5-7-13)15-9-8-11(3)14(16)17/h4-7,10-11,15H,8-9H2,1-3H3,(H,16,17). The molecule has 0 aliphatic rings. The molecule has 4 heteroatoms. The van der Waals surface area contributed by atoms with E-state index in [4.69, 9.17) is 5.11 Å². The summed E-state index contributed by atoms with van der Waals surface area (Å²) >= 11 is 1.83. The maximum Gasteiger partial charge on any atom is 0.306 e. The molecule has 0 saturated carbocycles. The number of carbonyl (C=O) groups is 1. The van der Waals surface area contributed by atoms with Gasteiger partial charge in [-0.1, -0.05) is 20.8 Å². The lowest BCUT2D eigenvalue weighted by molar-refractivity contribution is -0.141. The van der Waals surface area contributed by atoms with Crippen molar-refractivity contribution < 1.29 is 9.90 Å². The fourth-order valence-electron chi connectivity index (χ4n) is 1.48. The van der Waals surface area contributed by atoms with Gasteiger partial charge in [0.05, 0.1) is 5.92 Å². The summed E-state index contributed by atoms with van der Waals surface area (Å²) in [5.41, 5.74) is 1.04. The molecule has 1 aromatic rings. The zero-order chi connectivity index (χ0) is 13.5. The summed E-state index contributed by atoms with van der Waals surface area (Å²) < 4.78 is 0. The van der Waals surface area contributed by atoms with Crippen molar-refractivity contribution in [3.05, 3.63) is 24.3 Å². The van der Waals surface area contributed by atoms with E-state index in [2.05, 4.69) is 31.3 Å². The largest absolute Gasteiger partial charge is 0.481 e. The molecule has 0 fully saturated rings. The van der Waals surface area contributed by atoms with Gasteiger partial charge in [0.2, 0.25) is 0 Å².